The molecule has 17 heavy (non-hydrogen) atoms. The Morgan fingerprint density at radius 2 is 2.00 bits per heavy atom. The van der Waals surface area contributed by atoms with E-state index in [1.54, 1.807) is 6.92 Å². The van der Waals surface area contributed by atoms with Gasteiger partial charge in [0, 0.05) is 6.42 Å². The van der Waals surface area contributed by atoms with Crippen molar-refractivity contribution in [2.75, 3.05) is 0 Å². The molecule has 2 unspecified atom stereocenters. The topological polar surface area (TPSA) is 57.2 Å². The fourth-order valence-corrected chi connectivity index (χ4v) is 1.54. The Labute approximate surface area is 102 Å². The summed E-state index contributed by atoms with van der Waals surface area (Å²) < 4.78 is 16.1. The smallest absolute Gasteiger partial charge is 0.277 e. The monoisotopic (exact) mass is 244 g/mol. The zero-order valence-corrected chi connectivity index (χ0v) is 10.8. The standard InChI is InChI=1S/C12H20O5/c1-8-12(6,15-9(2)14-8)7-10(17-13)16-11(3,4)5/h10,13H,1-2,7H2,3-6H3. The first-order valence-electron chi connectivity index (χ1n) is 5.39. The summed E-state index contributed by atoms with van der Waals surface area (Å²) in [5, 5.41) is 8.84. The van der Waals surface area contributed by atoms with Crippen LogP contribution in [0.25, 0.3) is 0 Å². The summed E-state index contributed by atoms with van der Waals surface area (Å²) in [6.45, 7) is 14.7. The molecule has 0 radical (unpaired) electrons. The van der Waals surface area contributed by atoms with Crippen LogP contribution in [-0.2, 0) is 19.1 Å². The molecule has 98 valence electrons. The summed E-state index contributed by atoms with van der Waals surface area (Å²) in [5.41, 5.74) is -1.25. The second kappa shape index (κ2) is 4.68. The fourth-order valence-electron chi connectivity index (χ4n) is 1.54. The van der Waals surface area contributed by atoms with Crippen LogP contribution in [0.1, 0.15) is 34.1 Å². The van der Waals surface area contributed by atoms with Crippen LogP contribution in [0.15, 0.2) is 24.9 Å². The molecule has 1 fully saturated rings. The molecule has 0 amide bonds. The Bertz CT molecular complexity index is 317. The van der Waals surface area contributed by atoms with Crippen LogP contribution in [0.4, 0.5) is 0 Å². The Balaban J connectivity index is 2.68. The third-order valence-corrected chi connectivity index (χ3v) is 2.32. The van der Waals surface area contributed by atoms with E-state index in [4.69, 9.17) is 19.5 Å². The largest absolute Gasteiger partial charge is 0.451 e. The molecular weight excluding hydrogens is 224 g/mol. The van der Waals surface area contributed by atoms with Gasteiger partial charge in [0.1, 0.15) is 5.76 Å². The van der Waals surface area contributed by atoms with E-state index in [0.717, 1.165) is 0 Å². The molecule has 0 aromatic rings. The average molecular weight is 244 g/mol. The molecule has 0 aromatic carbocycles. The molecular formula is C12H20O5. The number of rotatable bonds is 4. The van der Waals surface area contributed by atoms with Gasteiger partial charge in [0.25, 0.3) is 5.95 Å². The second-order valence-electron chi connectivity index (χ2n) is 5.20. The van der Waals surface area contributed by atoms with E-state index >= 15 is 0 Å². The summed E-state index contributed by atoms with van der Waals surface area (Å²) >= 11 is 0. The van der Waals surface area contributed by atoms with E-state index in [2.05, 4.69) is 18.0 Å². The summed E-state index contributed by atoms with van der Waals surface area (Å²) in [5.74, 6) is 0.604. The maximum absolute atomic E-state index is 8.84. The Morgan fingerprint density at radius 1 is 1.41 bits per heavy atom. The number of ether oxygens (including phenoxy) is 3. The van der Waals surface area contributed by atoms with Gasteiger partial charge >= 0.3 is 0 Å². The van der Waals surface area contributed by atoms with E-state index in [-0.39, 0.29) is 12.4 Å². The normalized spacial score (nSPS) is 26.6. The zero-order chi connectivity index (χ0) is 13.3. The van der Waals surface area contributed by atoms with Crippen LogP contribution in [0.5, 0.6) is 0 Å². The summed E-state index contributed by atoms with van der Waals surface area (Å²) in [4.78, 5) is 4.31. The molecule has 0 bridgehead atoms. The lowest BCUT2D eigenvalue weighted by Gasteiger charge is -2.30. The van der Waals surface area contributed by atoms with E-state index in [9.17, 15) is 0 Å². The predicted octanol–water partition coefficient (Wildman–Crippen LogP) is 2.80. The molecule has 0 spiro atoms. The van der Waals surface area contributed by atoms with Crippen LogP contribution in [-0.4, -0.2) is 22.7 Å². The molecule has 1 N–H and O–H groups in total. The Morgan fingerprint density at radius 3 is 2.35 bits per heavy atom. The molecule has 1 rings (SSSR count). The molecule has 0 saturated carbocycles. The van der Waals surface area contributed by atoms with Crippen molar-refractivity contribution in [3.8, 4) is 0 Å². The highest BCUT2D eigenvalue weighted by Crippen LogP contribution is 2.37. The minimum Gasteiger partial charge on any atom is -0.451 e. The highest BCUT2D eigenvalue weighted by atomic mass is 17.1. The van der Waals surface area contributed by atoms with Crippen LogP contribution in [0, 0.1) is 0 Å². The third kappa shape index (κ3) is 3.73. The summed E-state index contributed by atoms with van der Waals surface area (Å²) in [7, 11) is 0. The van der Waals surface area contributed by atoms with Crippen LogP contribution < -0.4 is 0 Å². The SMILES string of the molecule is C=C1OC(=C)C(C)(CC(OO)OC(C)(C)C)O1. The minimum atomic E-state index is -0.828. The van der Waals surface area contributed by atoms with Crippen LogP contribution in [0.3, 0.4) is 0 Å². The molecule has 1 aliphatic heterocycles. The zero-order valence-electron chi connectivity index (χ0n) is 10.8. The minimum absolute atomic E-state index is 0.185. The lowest BCUT2D eigenvalue weighted by molar-refractivity contribution is -0.368. The summed E-state index contributed by atoms with van der Waals surface area (Å²) in [6, 6.07) is 0. The van der Waals surface area contributed by atoms with Crippen LogP contribution >= 0.6 is 0 Å². The van der Waals surface area contributed by atoms with Crippen molar-refractivity contribution in [2.45, 2.75) is 51.6 Å². The molecule has 5 heteroatoms. The lowest BCUT2D eigenvalue weighted by atomic mass is 10.00. The first-order valence-corrected chi connectivity index (χ1v) is 5.39. The maximum Gasteiger partial charge on any atom is 0.277 e. The van der Waals surface area contributed by atoms with E-state index in [0.29, 0.717) is 5.76 Å². The van der Waals surface area contributed by atoms with Crippen molar-refractivity contribution < 1.29 is 24.4 Å². The quantitative estimate of drug-likeness (QED) is 0.468. The number of hydrogen-bond acceptors (Lipinski definition) is 5. The average Bonchev–Trinajstić information content (AvgIpc) is 2.37. The lowest BCUT2D eigenvalue weighted by Crippen LogP contribution is -2.37. The van der Waals surface area contributed by atoms with Gasteiger partial charge in [-0.3, -0.25) is 0 Å². The molecule has 0 aromatic heterocycles. The molecule has 0 aliphatic carbocycles. The van der Waals surface area contributed by atoms with E-state index < -0.39 is 17.5 Å². The van der Waals surface area contributed by atoms with Crippen molar-refractivity contribution in [1.29, 1.82) is 0 Å². The van der Waals surface area contributed by atoms with Gasteiger partial charge in [0.2, 0.25) is 0 Å². The van der Waals surface area contributed by atoms with Gasteiger partial charge < -0.3 is 14.2 Å². The first kappa shape index (κ1) is 14.0. The van der Waals surface area contributed by atoms with Gasteiger partial charge in [0.05, 0.1) is 5.60 Å². The van der Waals surface area contributed by atoms with Crippen LogP contribution in [0.2, 0.25) is 0 Å². The molecule has 2 atom stereocenters. The molecule has 5 nitrogen and oxygen atoms in total. The van der Waals surface area contributed by atoms with Gasteiger partial charge in [-0.2, -0.15) is 0 Å². The molecule has 1 heterocycles. The highest BCUT2D eigenvalue weighted by molar-refractivity contribution is 5.12. The van der Waals surface area contributed by atoms with Crippen molar-refractivity contribution in [2.24, 2.45) is 0 Å². The summed E-state index contributed by atoms with van der Waals surface area (Å²) in [6.07, 6.45) is -0.579. The number of hydrogen-bond donors (Lipinski definition) is 1. The predicted molar refractivity (Wildman–Crippen MR) is 61.8 cm³/mol. The Kier molecular flexibility index (Phi) is 3.86. The fraction of sp³-hybridized carbons (Fsp3) is 0.667. The molecule has 1 aliphatic rings. The third-order valence-electron chi connectivity index (χ3n) is 2.32. The van der Waals surface area contributed by atoms with Gasteiger partial charge in [-0.25, -0.2) is 10.1 Å². The highest BCUT2D eigenvalue weighted by Gasteiger charge is 2.42. The van der Waals surface area contributed by atoms with Crippen molar-refractivity contribution >= 4 is 0 Å². The second-order valence-corrected chi connectivity index (χ2v) is 5.20. The van der Waals surface area contributed by atoms with Gasteiger partial charge in [-0.05, 0) is 34.3 Å². The Hall–Kier alpha value is -1.04. The van der Waals surface area contributed by atoms with Crippen molar-refractivity contribution in [3.63, 3.8) is 0 Å². The maximum atomic E-state index is 8.84. The first-order chi connectivity index (χ1) is 7.66. The van der Waals surface area contributed by atoms with E-state index in [1.165, 1.54) is 0 Å². The van der Waals surface area contributed by atoms with Crippen molar-refractivity contribution in [1.82, 2.24) is 0 Å². The van der Waals surface area contributed by atoms with Gasteiger partial charge in [0.15, 0.2) is 11.9 Å². The van der Waals surface area contributed by atoms with Gasteiger partial charge in [-0.1, -0.05) is 6.58 Å². The van der Waals surface area contributed by atoms with Gasteiger partial charge in [-0.15, -0.1) is 0 Å². The van der Waals surface area contributed by atoms with Crippen molar-refractivity contribution in [3.05, 3.63) is 24.9 Å². The molecule has 1 saturated heterocycles. The van der Waals surface area contributed by atoms with E-state index in [1.807, 2.05) is 20.8 Å².